The maximum atomic E-state index is 13.2. The minimum absolute atomic E-state index is 0.0474. The summed E-state index contributed by atoms with van der Waals surface area (Å²) in [5.74, 6) is -2.06. The third-order valence-electron chi connectivity index (χ3n) is 4.80. The number of hydrogen-bond donors (Lipinski definition) is 1. The Labute approximate surface area is 183 Å². The summed E-state index contributed by atoms with van der Waals surface area (Å²) in [5, 5.41) is 7.28. The summed E-state index contributed by atoms with van der Waals surface area (Å²) in [7, 11) is 1.49. The van der Waals surface area contributed by atoms with E-state index in [1.165, 1.54) is 29.3 Å². The number of fused-ring (bicyclic) bond motifs is 1. The Hall–Kier alpha value is -2.47. The molecule has 0 spiro atoms. The number of amides is 1. The van der Waals surface area contributed by atoms with Crippen molar-refractivity contribution in [3.05, 3.63) is 33.9 Å². The molecule has 1 aliphatic rings. The molecule has 3 aromatic rings. The fourth-order valence-corrected chi connectivity index (χ4v) is 4.82. The van der Waals surface area contributed by atoms with Gasteiger partial charge in [0.05, 0.1) is 28.1 Å². The Balaban J connectivity index is 1.48. The second-order valence-corrected chi connectivity index (χ2v) is 9.35. The lowest BCUT2D eigenvalue weighted by molar-refractivity contribution is -0.145. The number of carbonyl (C=O) groups excluding carboxylic acids is 2. The molecule has 0 aliphatic heterocycles. The van der Waals surface area contributed by atoms with Gasteiger partial charge < -0.3 is 5.32 Å². The molecule has 4 rings (SSSR count). The zero-order chi connectivity index (χ0) is 22.3. The van der Waals surface area contributed by atoms with Crippen LogP contribution in [0.5, 0.6) is 0 Å². The van der Waals surface area contributed by atoms with Crippen LogP contribution in [0, 0.1) is 0 Å². The van der Waals surface area contributed by atoms with Crippen LogP contribution in [0.15, 0.2) is 23.4 Å². The number of Topliss-reactive ketones (excluding diaryl/α,β-unsaturated/α-hetero) is 1. The molecule has 12 heteroatoms. The van der Waals surface area contributed by atoms with Gasteiger partial charge in [0.1, 0.15) is 5.03 Å². The van der Waals surface area contributed by atoms with Crippen molar-refractivity contribution in [1.29, 1.82) is 0 Å². The average Bonchev–Trinajstić information content (AvgIpc) is 3.24. The van der Waals surface area contributed by atoms with Crippen molar-refractivity contribution in [3.63, 3.8) is 0 Å². The number of nitrogens with one attached hydrogen (secondary N) is 1. The summed E-state index contributed by atoms with van der Waals surface area (Å²) in [5.41, 5.74) is 0.0474. The van der Waals surface area contributed by atoms with Crippen LogP contribution in [-0.2, 0) is 18.0 Å². The number of halogens is 3. The van der Waals surface area contributed by atoms with Crippen molar-refractivity contribution in [2.24, 2.45) is 7.05 Å². The largest absolute Gasteiger partial charge is 0.451 e. The van der Waals surface area contributed by atoms with Gasteiger partial charge in [0, 0.05) is 18.0 Å². The predicted octanol–water partition coefficient (Wildman–Crippen LogP) is 3.80. The van der Waals surface area contributed by atoms with Crippen molar-refractivity contribution in [2.75, 3.05) is 5.75 Å². The zero-order valence-corrected chi connectivity index (χ0v) is 18.2. The molecule has 1 unspecified atom stereocenters. The molecule has 0 radical (unpaired) electrons. The van der Waals surface area contributed by atoms with Crippen molar-refractivity contribution in [2.45, 2.75) is 42.9 Å². The van der Waals surface area contributed by atoms with Crippen LogP contribution < -0.4 is 5.32 Å². The normalized spacial score (nSPS) is 15.3. The summed E-state index contributed by atoms with van der Waals surface area (Å²) in [6, 6.07) is 3.64. The topological polar surface area (TPSA) is 89.8 Å². The lowest BCUT2D eigenvalue weighted by atomic mass is 10.1. The predicted molar refractivity (Wildman–Crippen MR) is 110 cm³/mol. The molecule has 31 heavy (non-hydrogen) atoms. The Bertz CT molecular complexity index is 1150. The van der Waals surface area contributed by atoms with E-state index in [-0.39, 0.29) is 40.1 Å². The number of thioether (sulfide) groups is 1. The van der Waals surface area contributed by atoms with Crippen molar-refractivity contribution < 1.29 is 22.8 Å². The molecule has 1 saturated carbocycles. The lowest BCUT2D eigenvalue weighted by Gasteiger charge is -2.09. The minimum atomic E-state index is -4.71. The third-order valence-corrected chi connectivity index (χ3v) is 7.10. The van der Waals surface area contributed by atoms with Gasteiger partial charge in [-0.3, -0.25) is 14.3 Å². The van der Waals surface area contributed by atoms with E-state index in [0.29, 0.717) is 10.3 Å². The van der Waals surface area contributed by atoms with Gasteiger partial charge in [-0.05, 0) is 31.9 Å². The van der Waals surface area contributed by atoms with Crippen LogP contribution in [0.4, 0.5) is 13.2 Å². The number of aryl methyl sites for hydroxylation is 1. The standard InChI is InChI=1S/C19H18F3N5O2S2/c1-9(16(29)24-10-3-4-10)13-5-6-14(31-13)12(28)8-30-17-11-7-23-27(2)15(11)25-18(26-17)19(20,21)22/h5-7,9-10H,3-4,8H2,1-2H3,(H,24,29). The summed E-state index contributed by atoms with van der Waals surface area (Å²) < 4.78 is 40.7. The molecular formula is C19H18F3N5O2S2. The highest BCUT2D eigenvalue weighted by Gasteiger charge is 2.36. The first kappa shape index (κ1) is 21.8. The number of ketones is 1. The first-order valence-electron chi connectivity index (χ1n) is 9.46. The monoisotopic (exact) mass is 469 g/mol. The van der Waals surface area contributed by atoms with Crippen molar-refractivity contribution >= 4 is 45.8 Å². The molecule has 1 amide bonds. The number of thiophene rings is 1. The Morgan fingerprint density at radius 2 is 2.06 bits per heavy atom. The molecule has 1 N–H and O–H groups in total. The highest BCUT2D eigenvalue weighted by molar-refractivity contribution is 8.00. The van der Waals surface area contributed by atoms with E-state index in [2.05, 4.69) is 20.4 Å². The van der Waals surface area contributed by atoms with Gasteiger partial charge in [-0.15, -0.1) is 11.3 Å². The maximum Gasteiger partial charge on any atom is 0.451 e. The SMILES string of the molecule is CC(C(=O)NC1CC1)c1ccc(C(=O)CSc2nc(C(F)(F)F)nc3c2cnn3C)s1. The van der Waals surface area contributed by atoms with Crippen molar-refractivity contribution in [3.8, 4) is 0 Å². The van der Waals surface area contributed by atoms with E-state index in [1.54, 1.807) is 19.1 Å². The molecule has 0 saturated heterocycles. The van der Waals surface area contributed by atoms with E-state index >= 15 is 0 Å². The molecule has 1 aliphatic carbocycles. The molecule has 1 atom stereocenters. The van der Waals surface area contributed by atoms with Gasteiger partial charge in [-0.1, -0.05) is 11.8 Å². The summed E-state index contributed by atoms with van der Waals surface area (Å²) in [6.07, 6.45) is -1.34. The van der Waals surface area contributed by atoms with E-state index in [9.17, 15) is 22.8 Å². The quantitative estimate of drug-likeness (QED) is 0.322. The highest BCUT2D eigenvalue weighted by atomic mass is 32.2. The lowest BCUT2D eigenvalue weighted by Crippen LogP contribution is -2.29. The minimum Gasteiger partial charge on any atom is -0.353 e. The molecule has 0 aromatic carbocycles. The van der Waals surface area contributed by atoms with Crippen LogP contribution in [0.3, 0.4) is 0 Å². The molecule has 3 heterocycles. The van der Waals surface area contributed by atoms with Gasteiger partial charge >= 0.3 is 6.18 Å². The van der Waals surface area contributed by atoms with Crippen molar-refractivity contribution in [1.82, 2.24) is 25.1 Å². The number of rotatable bonds is 7. The Morgan fingerprint density at radius 1 is 1.32 bits per heavy atom. The molecule has 7 nitrogen and oxygen atoms in total. The van der Waals surface area contributed by atoms with Crippen LogP contribution in [0.2, 0.25) is 0 Å². The van der Waals surface area contributed by atoms with E-state index in [0.717, 1.165) is 29.5 Å². The fourth-order valence-electron chi connectivity index (χ4n) is 2.86. The van der Waals surface area contributed by atoms with Gasteiger partial charge in [-0.2, -0.15) is 18.3 Å². The number of aromatic nitrogens is 4. The summed E-state index contributed by atoms with van der Waals surface area (Å²) >= 11 is 2.13. The number of carbonyl (C=O) groups is 2. The van der Waals surface area contributed by atoms with Crippen LogP contribution >= 0.6 is 23.1 Å². The molecule has 1 fully saturated rings. The van der Waals surface area contributed by atoms with Crippen LogP contribution in [-0.4, -0.2) is 43.2 Å². The smallest absolute Gasteiger partial charge is 0.353 e. The van der Waals surface area contributed by atoms with Gasteiger partial charge in [-0.25, -0.2) is 9.97 Å². The molecule has 0 bridgehead atoms. The van der Waals surface area contributed by atoms with Gasteiger partial charge in [0.2, 0.25) is 11.7 Å². The summed E-state index contributed by atoms with van der Waals surface area (Å²) in [4.78, 5) is 33.2. The molecule has 3 aromatic heterocycles. The second kappa shape index (κ2) is 8.23. The highest BCUT2D eigenvalue weighted by Crippen LogP contribution is 2.33. The third kappa shape index (κ3) is 4.74. The van der Waals surface area contributed by atoms with E-state index in [4.69, 9.17) is 0 Å². The molecular weight excluding hydrogens is 451 g/mol. The van der Waals surface area contributed by atoms with Gasteiger partial charge in [0.15, 0.2) is 11.4 Å². The number of alkyl halides is 3. The second-order valence-electron chi connectivity index (χ2n) is 7.27. The zero-order valence-electron chi connectivity index (χ0n) is 16.6. The van der Waals surface area contributed by atoms with Crippen LogP contribution in [0.1, 0.15) is 46.1 Å². The fraction of sp³-hybridized carbons (Fsp3) is 0.421. The Morgan fingerprint density at radius 3 is 2.74 bits per heavy atom. The number of nitrogens with zero attached hydrogens (tertiary/aromatic N) is 4. The Kier molecular flexibility index (Phi) is 5.77. The maximum absolute atomic E-state index is 13.2. The van der Waals surface area contributed by atoms with E-state index in [1.807, 2.05) is 0 Å². The number of hydrogen-bond acceptors (Lipinski definition) is 7. The van der Waals surface area contributed by atoms with Gasteiger partial charge in [0.25, 0.3) is 0 Å². The first-order chi connectivity index (χ1) is 14.6. The summed E-state index contributed by atoms with van der Waals surface area (Å²) in [6.45, 7) is 1.78. The van der Waals surface area contributed by atoms with E-state index < -0.39 is 12.0 Å². The average molecular weight is 470 g/mol. The van der Waals surface area contributed by atoms with Crippen LogP contribution in [0.25, 0.3) is 11.0 Å². The first-order valence-corrected chi connectivity index (χ1v) is 11.3. The molecule has 164 valence electrons.